The van der Waals surface area contributed by atoms with Crippen LogP contribution in [0.3, 0.4) is 0 Å². The summed E-state index contributed by atoms with van der Waals surface area (Å²) >= 11 is 0. The number of carbonyl (C=O) groups is 2. The molecule has 0 saturated carbocycles. The molecule has 0 bridgehead atoms. The van der Waals surface area contributed by atoms with Crippen molar-refractivity contribution in [3.63, 3.8) is 0 Å². The highest BCUT2D eigenvalue weighted by Crippen LogP contribution is 2.43. The van der Waals surface area contributed by atoms with Crippen LogP contribution in [0.2, 0.25) is 0 Å². The van der Waals surface area contributed by atoms with E-state index in [1.165, 1.54) is 0 Å². The standard InChI is InChI=1S/C15H13N5O2.C14H14N4O2/c1-8-3-4-10-13(14(8)19-20-16)9(15(21)18-10)7-11-12(22-2)5-6-17-11;1-20-11-4-5-17-10(11)6-7-12-9(18-14(7)19)3-2-8(15)13(12)16/h3-7,17H,1-2H3,(H,18,21);2-6,17H,15-16H2,1H3,(H,18,19)/b9-7-;7-6-. The van der Waals surface area contributed by atoms with Crippen molar-refractivity contribution in [2.24, 2.45) is 5.11 Å². The van der Waals surface area contributed by atoms with Crippen LogP contribution in [0.4, 0.5) is 28.4 Å². The number of benzene rings is 2. The predicted octanol–water partition coefficient (Wildman–Crippen LogP) is 5.45. The van der Waals surface area contributed by atoms with E-state index in [0.717, 1.165) is 5.56 Å². The number of hydrogen-bond donors (Lipinski definition) is 6. The molecule has 0 unspecified atom stereocenters. The lowest BCUT2D eigenvalue weighted by Crippen LogP contribution is -2.03. The zero-order valence-electron chi connectivity index (χ0n) is 22.9. The third-order valence-corrected chi connectivity index (χ3v) is 6.82. The first kappa shape index (κ1) is 27.5. The van der Waals surface area contributed by atoms with Gasteiger partial charge < -0.3 is 41.5 Å². The van der Waals surface area contributed by atoms with Gasteiger partial charge in [-0.2, -0.15) is 0 Å². The van der Waals surface area contributed by atoms with Crippen molar-refractivity contribution in [2.45, 2.75) is 6.92 Å². The molecule has 0 aliphatic carbocycles. The molecule has 0 spiro atoms. The highest BCUT2D eigenvalue weighted by atomic mass is 16.5. The molecule has 4 aromatic rings. The van der Waals surface area contributed by atoms with E-state index in [2.05, 4.69) is 30.6 Å². The molecule has 0 fully saturated rings. The van der Waals surface area contributed by atoms with Crippen LogP contribution < -0.4 is 31.6 Å². The molecule has 2 aromatic carbocycles. The summed E-state index contributed by atoms with van der Waals surface area (Å²) in [7, 11) is 3.13. The highest BCUT2D eigenvalue weighted by Gasteiger charge is 2.29. The fourth-order valence-corrected chi connectivity index (χ4v) is 4.76. The van der Waals surface area contributed by atoms with Crippen LogP contribution in [0, 0.1) is 6.92 Å². The minimum atomic E-state index is -0.244. The van der Waals surface area contributed by atoms with E-state index in [9.17, 15) is 9.59 Å². The third kappa shape index (κ3) is 4.87. The second kappa shape index (κ2) is 11.2. The molecule has 6 rings (SSSR count). The van der Waals surface area contributed by atoms with Gasteiger partial charge in [0.15, 0.2) is 0 Å². The van der Waals surface area contributed by atoms with Gasteiger partial charge in [-0.1, -0.05) is 11.2 Å². The molecule has 8 N–H and O–H groups in total. The van der Waals surface area contributed by atoms with Gasteiger partial charge in [-0.15, -0.1) is 0 Å². The van der Waals surface area contributed by atoms with Gasteiger partial charge in [-0.05, 0) is 60.5 Å². The van der Waals surface area contributed by atoms with E-state index in [4.69, 9.17) is 26.5 Å². The Kier molecular flexibility index (Phi) is 7.33. The van der Waals surface area contributed by atoms with Crippen molar-refractivity contribution >= 4 is 63.5 Å². The van der Waals surface area contributed by atoms with E-state index in [1.807, 2.05) is 6.92 Å². The van der Waals surface area contributed by atoms with Crippen LogP contribution in [0.15, 0.2) is 53.9 Å². The summed E-state index contributed by atoms with van der Waals surface area (Å²) in [5.41, 5.74) is 27.5. The average molecular weight is 566 g/mol. The second-order valence-corrected chi connectivity index (χ2v) is 9.28. The number of H-pyrrole nitrogens is 2. The van der Waals surface area contributed by atoms with Crippen LogP contribution in [-0.4, -0.2) is 36.0 Å². The number of nitrogens with two attached hydrogens (primary N) is 2. The van der Waals surface area contributed by atoms with Gasteiger partial charge >= 0.3 is 0 Å². The molecule has 4 heterocycles. The number of nitrogens with zero attached hydrogens (tertiary/aromatic N) is 3. The van der Waals surface area contributed by atoms with Crippen molar-refractivity contribution in [1.29, 1.82) is 0 Å². The molecule has 212 valence electrons. The Morgan fingerprint density at radius 2 is 1.33 bits per heavy atom. The molecule has 2 aliphatic rings. The van der Waals surface area contributed by atoms with Crippen molar-refractivity contribution in [3.8, 4) is 11.5 Å². The maximum absolute atomic E-state index is 12.3. The number of nitrogen functional groups attached to an aromatic ring is 2. The number of hydrogen-bond acceptors (Lipinski definition) is 7. The quantitative estimate of drug-likeness (QED) is 0.0609. The summed E-state index contributed by atoms with van der Waals surface area (Å²) in [5.74, 6) is 0.827. The molecular weight excluding hydrogens is 538 g/mol. The largest absolute Gasteiger partial charge is 0.495 e. The Morgan fingerprint density at radius 3 is 1.88 bits per heavy atom. The molecule has 0 atom stereocenters. The molecule has 42 heavy (non-hydrogen) atoms. The van der Waals surface area contributed by atoms with E-state index in [-0.39, 0.29) is 11.8 Å². The normalized spacial score (nSPS) is 14.8. The number of methoxy groups -OCH3 is 2. The second-order valence-electron chi connectivity index (χ2n) is 9.28. The number of fused-ring (bicyclic) bond motifs is 2. The number of aryl methyl sites for hydroxylation is 1. The molecular formula is C29H27N9O4. The van der Waals surface area contributed by atoms with Crippen LogP contribution in [0.1, 0.15) is 28.1 Å². The Hall–Kier alpha value is -6.07. The highest BCUT2D eigenvalue weighted by molar-refractivity contribution is 6.37. The summed E-state index contributed by atoms with van der Waals surface area (Å²) in [6.45, 7) is 1.83. The number of carbonyl (C=O) groups excluding carboxylic acids is 2. The zero-order valence-corrected chi connectivity index (χ0v) is 22.9. The van der Waals surface area contributed by atoms with Gasteiger partial charge in [0.2, 0.25) is 0 Å². The van der Waals surface area contributed by atoms with E-state index >= 15 is 0 Å². The summed E-state index contributed by atoms with van der Waals surface area (Å²) in [4.78, 5) is 33.2. The first-order valence-corrected chi connectivity index (χ1v) is 12.6. The van der Waals surface area contributed by atoms with Gasteiger partial charge in [0.1, 0.15) is 11.5 Å². The van der Waals surface area contributed by atoms with Gasteiger partial charge in [0.25, 0.3) is 11.8 Å². The molecule has 13 heteroatoms. The SMILES string of the molecule is COc1cc[nH]c1/C=C1\C(=O)Nc2ccc(C)c(N=[N+]=[N-])c21.COc1cc[nH]c1/C=C1\C(=O)Nc2ccc(N)c(N)c21. The van der Waals surface area contributed by atoms with E-state index in [0.29, 0.717) is 73.6 Å². The number of aromatic amines is 2. The van der Waals surface area contributed by atoms with Crippen molar-refractivity contribution in [2.75, 3.05) is 36.3 Å². The van der Waals surface area contributed by atoms with Crippen LogP contribution in [0.5, 0.6) is 11.5 Å². The number of nitrogens with one attached hydrogen (secondary N) is 4. The lowest BCUT2D eigenvalue weighted by atomic mass is 10.0. The third-order valence-electron chi connectivity index (χ3n) is 6.82. The molecule has 13 nitrogen and oxygen atoms in total. The monoisotopic (exact) mass is 565 g/mol. The lowest BCUT2D eigenvalue weighted by molar-refractivity contribution is -0.111. The van der Waals surface area contributed by atoms with Crippen LogP contribution in [0.25, 0.3) is 33.7 Å². The Bertz CT molecular complexity index is 1840. The number of azide groups is 1. The number of anilines is 4. The number of aromatic nitrogens is 2. The van der Waals surface area contributed by atoms with Gasteiger partial charge in [0, 0.05) is 34.1 Å². The first-order chi connectivity index (χ1) is 20.3. The van der Waals surface area contributed by atoms with E-state index in [1.54, 1.807) is 75.2 Å². The summed E-state index contributed by atoms with van der Waals surface area (Å²) in [6, 6.07) is 10.6. The fourth-order valence-electron chi connectivity index (χ4n) is 4.76. The number of rotatable bonds is 5. The van der Waals surface area contributed by atoms with Gasteiger partial charge in [-0.25, -0.2) is 0 Å². The Balaban J connectivity index is 0.000000169. The zero-order chi connectivity index (χ0) is 30.0. The van der Waals surface area contributed by atoms with Crippen molar-refractivity contribution in [3.05, 3.63) is 87.3 Å². The summed E-state index contributed by atoms with van der Waals surface area (Å²) < 4.78 is 10.4. The fraction of sp³-hybridized carbons (Fsp3) is 0.103. The van der Waals surface area contributed by atoms with Gasteiger partial charge in [-0.3, -0.25) is 9.59 Å². The first-order valence-electron chi connectivity index (χ1n) is 12.6. The molecule has 2 aromatic heterocycles. The summed E-state index contributed by atoms with van der Waals surface area (Å²) in [5, 5.41) is 9.29. The Labute approximate surface area is 239 Å². The summed E-state index contributed by atoms with van der Waals surface area (Å²) in [6.07, 6.45) is 6.86. The van der Waals surface area contributed by atoms with Crippen LogP contribution >= 0.6 is 0 Å². The van der Waals surface area contributed by atoms with Crippen molar-refractivity contribution in [1.82, 2.24) is 9.97 Å². The topological polar surface area (TPSA) is 209 Å². The minimum absolute atomic E-state index is 0.214. The van der Waals surface area contributed by atoms with Crippen molar-refractivity contribution < 1.29 is 19.1 Å². The predicted molar refractivity (Wildman–Crippen MR) is 163 cm³/mol. The number of amides is 2. The maximum atomic E-state index is 12.3. The Morgan fingerprint density at radius 1 is 0.810 bits per heavy atom. The molecule has 0 saturated heterocycles. The maximum Gasteiger partial charge on any atom is 0.256 e. The average Bonchev–Trinajstić information content (AvgIpc) is 3.76. The molecule has 2 aliphatic heterocycles. The molecule has 2 amide bonds. The molecule has 0 radical (unpaired) electrons. The van der Waals surface area contributed by atoms with Crippen LogP contribution in [-0.2, 0) is 9.59 Å². The minimum Gasteiger partial charge on any atom is -0.495 e. The lowest BCUT2D eigenvalue weighted by Gasteiger charge is -2.06. The number of ether oxygens (including phenoxy) is 2. The van der Waals surface area contributed by atoms with Gasteiger partial charge in [0.05, 0.1) is 59.5 Å². The smallest absolute Gasteiger partial charge is 0.256 e. The van der Waals surface area contributed by atoms with E-state index < -0.39 is 0 Å².